The Balaban J connectivity index is 2.49. The van der Waals surface area contributed by atoms with Crippen molar-refractivity contribution in [2.24, 2.45) is 5.73 Å². The molecular weight excluding hydrogens is 162 g/mol. The molecule has 0 aromatic rings. The van der Waals surface area contributed by atoms with Crippen LogP contribution in [-0.4, -0.2) is 35.7 Å². The van der Waals surface area contributed by atoms with E-state index in [1.54, 1.807) is 0 Å². The van der Waals surface area contributed by atoms with Crippen LogP contribution in [0, 0.1) is 0 Å². The highest BCUT2D eigenvalue weighted by atomic mass is 16.4. The van der Waals surface area contributed by atoms with Gasteiger partial charge in [-0.25, -0.2) is 4.79 Å². The number of piperidine rings is 1. The Morgan fingerprint density at radius 1 is 1.75 bits per heavy atom. The van der Waals surface area contributed by atoms with Crippen LogP contribution in [0.3, 0.4) is 0 Å². The normalized spacial score (nSPS) is 29.2. The van der Waals surface area contributed by atoms with Gasteiger partial charge in [-0.15, -0.1) is 0 Å². The molecule has 6 nitrogen and oxygen atoms in total. The summed E-state index contributed by atoms with van der Waals surface area (Å²) >= 11 is 0. The van der Waals surface area contributed by atoms with Gasteiger partial charge in [-0.2, -0.15) is 0 Å². The van der Waals surface area contributed by atoms with E-state index in [1.807, 2.05) is 0 Å². The summed E-state index contributed by atoms with van der Waals surface area (Å²) in [6.07, 6.45) is -1.03. The van der Waals surface area contributed by atoms with E-state index in [4.69, 9.17) is 10.8 Å². The lowest BCUT2D eigenvalue weighted by molar-refractivity contribution is -0.123. The molecule has 0 aromatic carbocycles. The number of hydrogen-bond acceptors (Lipinski definition) is 3. The summed E-state index contributed by atoms with van der Waals surface area (Å²) in [5.74, 6) is -0.171. The van der Waals surface area contributed by atoms with Gasteiger partial charge in [0.2, 0.25) is 5.91 Å². The van der Waals surface area contributed by atoms with Gasteiger partial charge in [0.1, 0.15) is 0 Å². The van der Waals surface area contributed by atoms with Crippen LogP contribution in [0.15, 0.2) is 0 Å². The lowest BCUT2D eigenvalue weighted by Gasteiger charge is -2.28. The van der Waals surface area contributed by atoms with E-state index >= 15 is 0 Å². The molecule has 1 heterocycles. The third kappa shape index (κ3) is 2.09. The van der Waals surface area contributed by atoms with Crippen LogP contribution in [0.1, 0.15) is 6.42 Å². The van der Waals surface area contributed by atoms with Crippen molar-refractivity contribution < 1.29 is 14.7 Å². The molecule has 0 unspecified atom stereocenters. The predicted molar refractivity (Wildman–Crippen MR) is 40.6 cm³/mol. The maximum atomic E-state index is 10.8. The number of nitrogens with one attached hydrogen (secondary N) is 2. The lowest BCUT2D eigenvalue weighted by atomic mass is 10.0. The number of nitrogens with two attached hydrogens (primary N) is 1. The monoisotopic (exact) mass is 173 g/mol. The van der Waals surface area contributed by atoms with Gasteiger partial charge in [0.05, 0.1) is 6.04 Å². The van der Waals surface area contributed by atoms with Gasteiger partial charge < -0.3 is 21.5 Å². The maximum absolute atomic E-state index is 10.8. The van der Waals surface area contributed by atoms with Gasteiger partial charge in [0.25, 0.3) is 0 Å². The zero-order valence-corrected chi connectivity index (χ0v) is 6.41. The van der Waals surface area contributed by atoms with Crippen LogP contribution in [0.25, 0.3) is 0 Å². The van der Waals surface area contributed by atoms with Crippen molar-refractivity contribution in [3.8, 4) is 0 Å². The van der Waals surface area contributed by atoms with Crippen molar-refractivity contribution in [3.63, 3.8) is 0 Å². The first-order valence-electron chi connectivity index (χ1n) is 3.61. The molecule has 0 aliphatic carbocycles. The molecule has 1 saturated heterocycles. The number of amides is 2. The summed E-state index contributed by atoms with van der Waals surface area (Å²) < 4.78 is 0. The number of rotatable bonds is 1. The van der Waals surface area contributed by atoms with E-state index in [0.717, 1.165) is 0 Å². The number of hydrogen-bond donors (Lipinski definition) is 4. The summed E-state index contributed by atoms with van der Waals surface area (Å²) in [6.45, 7) is 0.323. The molecule has 6 heteroatoms. The summed E-state index contributed by atoms with van der Waals surface area (Å²) in [4.78, 5) is 21.0. The fourth-order valence-electron chi connectivity index (χ4n) is 1.11. The molecule has 0 saturated carbocycles. The van der Waals surface area contributed by atoms with Crippen LogP contribution in [-0.2, 0) is 4.79 Å². The van der Waals surface area contributed by atoms with Crippen molar-refractivity contribution >= 4 is 12.0 Å². The van der Waals surface area contributed by atoms with E-state index in [0.29, 0.717) is 6.54 Å². The average Bonchev–Trinajstić information content (AvgIpc) is 1.96. The molecule has 0 spiro atoms. The van der Waals surface area contributed by atoms with Crippen molar-refractivity contribution in [1.29, 1.82) is 0 Å². The molecule has 0 radical (unpaired) electrons. The van der Waals surface area contributed by atoms with Gasteiger partial charge in [0.15, 0.2) is 0 Å². The molecule has 1 fully saturated rings. The number of carbonyl (C=O) groups is 2. The molecule has 0 aromatic heterocycles. The number of carbonyl (C=O) groups excluding carboxylic acids is 1. The molecule has 0 bridgehead atoms. The molecule has 1 rings (SSSR count). The van der Waals surface area contributed by atoms with E-state index in [1.165, 1.54) is 0 Å². The highest BCUT2D eigenvalue weighted by molar-refractivity contribution is 5.78. The Labute approximate surface area is 69.1 Å². The molecule has 5 N–H and O–H groups in total. The third-order valence-corrected chi connectivity index (χ3v) is 1.77. The second-order valence-corrected chi connectivity index (χ2v) is 2.73. The Morgan fingerprint density at radius 3 is 3.00 bits per heavy atom. The molecule has 2 amide bonds. The predicted octanol–water partition coefficient (Wildman–Crippen LogP) is -1.53. The summed E-state index contributed by atoms with van der Waals surface area (Å²) in [5, 5.41) is 13.1. The minimum atomic E-state index is -1.15. The number of carboxylic acid groups (broad SMARTS) is 1. The molecule has 12 heavy (non-hydrogen) atoms. The molecule has 1 aliphatic heterocycles. The van der Waals surface area contributed by atoms with Gasteiger partial charge in [-0.1, -0.05) is 0 Å². The van der Waals surface area contributed by atoms with Crippen molar-refractivity contribution in [1.82, 2.24) is 10.6 Å². The van der Waals surface area contributed by atoms with Gasteiger partial charge >= 0.3 is 6.09 Å². The van der Waals surface area contributed by atoms with Gasteiger partial charge in [0, 0.05) is 19.0 Å². The molecule has 2 atom stereocenters. The van der Waals surface area contributed by atoms with Crippen LogP contribution in [0.2, 0.25) is 0 Å². The Bertz CT molecular complexity index is 204. The second-order valence-electron chi connectivity index (χ2n) is 2.73. The highest BCUT2D eigenvalue weighted by Gasteiger charge is 2.27. The van der Waals surface area contributed by atoms with Crippen LogP contribution in [0.4, 0.5) is 4.79 Å². The highest BCUT2D eigenvalue weighted by Crippen LogP contribution is 2.01. The Morgan fingerprint density at radius 2 is 2.42 bits per heavy atom. The topological polar surface area (TPSA) is 104 Å². The lowest BCUT2D eigenvalue weighted by Crippen LogP contribution is -2.58. The summed E-state index contributed by atoms with van der Waals surface area (Å²) in [6, 6.07) is -0.796. The fraction of sp³-hybridized carbons (Fsp3) is 0.667. The standard InChI is InChI=1S/C6H11N3O3/c7-3-2-8-5(10)1-4(3)9-6(11)12/h3-4,9H,1-2,7H2,(H,8,10)(H,11,12)/t3-,4-/m1/s1. The molecule has 68 valence electrons. The zero-order chi connectivity index (χ0) is 9.14. The Hall–Kier alpha value is -1.30. The van der Waals surface area contributed by atoms with Crippen LogP contribution < -0.4 is 16.4 Å². The van der Waals surface area contributed by atoms with E-state index in [2.05, 4.69) is 10.6 Å². The second kappa shape index (κ2) is 3.40. The van der Waals surface area contributed by atoms with Crippen molar-refractivity contribution in [2.75, 3.05) is 6.54 Å². The summed E-state index contributed by atoms with van der Waals surface area (Å²) in [7, 11) is 0. The maximum Gasteiger partial charge on any atom is 0.404 e. The van der Waals surface area contributed by atoms with E-state index < -0.39 is 12.1 Å². The van der Waals surface area contributed by atoms with Crippen LogP contribution in [0.5, 0.6) is 0 Å². The molecule has 1 aliphatic rings. The van der Waals surface area contributed by atoms with Gasteiger partial charge in [-0.3, -0.25) is 4.79 Å². The average molecular weight is 173 g/mol. The zero-order valence-electron chi connectivity index (χ0n) is 6.41. The van der Waals surface area contributed by atoms with E-state index in [9.17, 15) is 9.59 Å². The van der Waals surface area contributed by atoms with Crippen LogP contribution >= 0.6 is 0 Å². The minimum Gasteiger partial charge on any atom is -0.465 e. The first-order valence-corrected chi connectivity index (χ1v) is 3.61. The molecular formula is C6H11N3O3. The van der Waals surface area contributed by atoms with Crippen molar-refractivity contribution in [2.45, 2.75) is 18.5 Å². The van der Waals surface area contributed by atoms with Gasteiger partial charge in [-0.05, 0) is 0 Å². The van der Waals surface area contributed by atoms with E-state index in [-0.39, 0.29) is 18.4 Å². The first kappa shape index (κ1) is 8.79. The third-order valence-electron chi connectivity index (χ3n) is 1.77. The first-order chi connectivity index (χ1) is 5.59. The smallest absolute Gasteiger partial charge is 0.404 e. The summed E-state index contributed by atoms with van der Waals surface area (Å²) in [5.41, 5.74) is 5.55. The largest absolute Gasteiger partial charge is 0.465 e. The SMILES string of the molecule is N[C@@H]1CNC(=O)C[C@H]1NC(=O)O. The quantitative estimate of drug-likeness (QED) is 0.386. The van der Waals surface area contributed by atoms with Crippen molar-refractivity contribution in [3.05, 3.63) is 0 Å². The fourth-order valence-corrected chi connectivity index (χ4v) is 1.11. The Kier molecular flexibility index (Phi) is 2.49. The minimum absolute atomic E-state index is 0.119.